The van der Waals surface area contributed by atoms with Gasteiger partial charge in [-0.25, -0.2) is 10.5 Å². The summed E-state index contributed by atoms with van der Waals surface area (Å²) < 4.78 is 7.39. The minimum Gasteiger partial charge on any atom is -0.491 e. The molecule has 1 amide bonds. The van der Waals surface area contributed by atoms with E-state index in [4.69, 9.17) is 21.2 Å². The number of hydrogen-bond donors (Lipinski definition) is 3. The first kappa shape index (κ1) is 21.1. The van der Waals surface area contributed by atoms with Gasteiger partial charge in [0, 0.05) is 19.3 Å². The maximum Gasteiger partial charge on any atom is 0.278 e. The number of anilines is 3. The molecule has 1 heterocycles. The lowest BCUT2D eigenvalue weighted by Crippen LogP contribution is -2.24. The fourth-order valence-corrected chi connectivity index (χ4v) is 2.61. The van der Waals surface area contributed by atoms with E-state index in [9.17, 15) is 4.79 Å². The zero-order chi connectivity index (χ0) is 20.0. The number of amides is 1. The number of pyridine rings is 1. The molecule has 0 saturated carbocycles. The largest absolute Gasteiger partial charge is 0.491 e. The summed E-state index contributed by atoms with van der Waals surface area (Å²) in [6.45, 7) is 6.04. The third-order valence-electron chi connectivity index (χ3n) is 3.38. The molecule has 0 bridgehead atoms. The summed E-state index contributed by atoms with van der Waals surface area (Å²) >= 11 is 10.4. The molecule has 2 aromatic rings. The van der Waals surface area contributed by atoms with Crippen LogP contribution < -0.4 is 19.8 Å². The molecular formula is C18H23ClN4O3S. The molecule has 27 heavy (non-hydrogen) atoms. The third-order valence-corrected chi connectivity index (χ3v) is 3.81. The molecular weight excluding hydrogens is 388 g/mol. The summed E-state index contributed by atoms with van der Waals surface area (Å²) in [5, 5.41) is 3.47. The van der Waals surface area contributed by atoms with Crippen LogP contribution >= 0.6 is 24.4 Å². The smallest absolute Gasteiger partial charge is 0.278 e. The number of aromatic nitrogens is 1. The quantitative estimate of drug-likeness (QED) is 0.343. The minimum atomic E-state index is -0.427. The van der Waals surface area contributed by atoms with Crippen molar-refractivity contribution in [2.75, 3.05) is 23.3 Å². The van der Waals surface area contributed by atoms with Gasteiger partial charge in [-0.3, -0.25) is 9.63 Å². The van der Waals surface area contributed by atoms with Gasteiger partial charge in [-0.15, -0.1) is 0 Å². The molecule has 146 valence electrons. The van der Waals surface area contributed by atoms with Crippen LogP contribution in [0.25, 0.3) is 0 Å². The van der Waals surface area contributed by atoms with E-state index < -0.39 is 5.91 Å². The van der Waals surface area contributed by atoms with Crippen molar-refractivity contribution in [3.63, 3.8) is 0 Å². The minimum absolute atomic E-state index is 0.0507. The second-order valence-corrected chi connectivity index (χ2v) is 6.90. The van der Waals surface area contributed by atoms with Gasteiger partial charge >= 0.3 is 0 Å². The van der Waals surface area contributed by atoms with Crippen LogP contribution in [0, 0.1) is 0 Å². The lowest BCUT2D eigenvalue weighted by molar-refractivity contribution is 0.0365. The number of carbonyl (C=O) groups excluding carboxylic acids is 1. The van der Waals surface area contributed by atoms with E-state index >= 15 is 0 Å². The van der Waals surface area contributed by atoms with Crippen LogP contribution in [-0.4, -0.2) is 30.6 Å². The molecule has 1 aromatic heterocycles. The number of carbonyl (C=O) groups is 1. The Hall–Kier alpha value is -2.16. The van der Waals surface area contributed by atoms with Crippen molar-refractivity contribution >= 4 is 47.4 Å². The van der Waals surface area contributed by atoms with E-state index in [1.54, 1.807) is 24.3 Å². The maximum absolute atomic E-state index is 12.3. The van der Waals surface area contributed by atoms with Crippen molar-refractivity contribution in [2.45, 2.75) is 26.9 Å². The number of benzene rings is 1. The van der Waals surface area contributed by atoms with Crippen molar-refractivity contribution < 1.29 is 14.4 Å². The Morgan fingerprint density at radius 2 is 2.07 bits per heavy atom. The predicted octanol–water partition coefficient (Wildman–Crippen LogP) is 4.23. The van der Waals surface area contributed by atoms with E-state index in [2.05, 4.69) is 28.6 Å². The average molecular weight is 411 g/mol. The number of nitrogens with zero attached hydrogens (tertiary/aromatic N) is 2. The zero-order valence-electron chi connectivity index (χ0n) is 15.6. The van der Waals surface area contributed by atoms with Crippen molar-refractivity contribution in [2.24, 2.45) is 0 Å². The summed E-state index contributed by atoms with van der Waals surface area (Å²) in [5.74, 6) is 0.289. The Kier molecular flexibility index (Phi) is 7.58. The summed E-state index contributed by atoms with van der Waals surface area (Å²) in [6, 6.07) is 7.12. The molecule has 0 spiro atoms. The van der Waals surface area contributed by atoms with Gasteiger partial charge in [-0.2, -0.15) is 0 Å². The summed E-state index contributed by atoms with van der Waals surface area (Å²) in [4.78, 5) is 21.3. The Labute approximate surface area is 169 Å². The van der Waals surface area contributed by atoms with Crippen molar-refractivity contribution in [3.8, 4) is 5.75 Å². The first-order valence-corrected chi connectivity index (χ1v) is 9.17. The van der Waals surface area contributed by atoms with Crippen LogP contribution in [0.5, 0.6) is 5.75 Å². The van der Waals surface area contributed by atoms with Crippen LogP contribution in [0.4, 0.5) is 17.1 Å². The molecule has 1 aromatic carbocycles. The van der Waals surface area contributed by atoms with E-state index in [1.165, 1.54) is 6.20 Å². The number of rotatable bonds is 8. The highest BCUT2D eigenvalue weighted by Crippen LogP contribution is 2.34. The van der Waals surface area contributed by atoms with E-state index in [1.807, 2.05) is 32.0 Å². The van der Waals surface area contributed by atoms with Crippen molar-refractivity contribution in [3.05, 3.63) is 41.2 Å². The molecule has 0 fully saturated rings. The van der Waals surface area contributed by atoms with Gasteiger partial charge in [0.1, 0.15) is 10.9 Å². The van der Waals surface area contributed by atoms with E-state index in [0.717, 1.165) is 11.4 Å². The third kappa shape index (κ3) is 5.92. The molecule has 0 aliphatic heterocycles. The Morgan fingerprint density at radius 1 is 1.33 bits per heavy atom. The summed E-state index contributed by atoms with van der Waals surface area (Å²) in [7, 11) is 1.80. The van der Waals surface area contributed by atoms with Crippen molar-refractivity contribution in [1.82, 2.24) is 10.5 Å². The monoisotopic (exact) mass is 410 g/mol. The first-order chi connectivity index (χ1) is 12.8. The molecule has 2 rings (SSSR count). The fourth-order valence-electron chi connectivity index (χ4n) is 2.28. The predicted molar refractivity (Wildman–Crippen MR) is 111 cm³/mol. The Bertz CT molecular complexity index is 802. The number of halogens is 1. The van der Waals surface area contributed by atoms with Crippen LogP contribution in [0.15, 0.2) is 30.5 Å². The first-order valence-electron chi connectivity index (χ1n) is 8.39. The Morgan fingerprint density at radius 3 is 2.70 bits per heavy atom. The fraction of sp³-hybridized carbons (Fsp3) is 0.333. The van der Waals surface area contributed by atoms with Gasteiger partial charge < -0.3 is 14.4 Å². The molecule has 7 nitrogen and oxygen atoms in total. The maximum atomic E-state index is 12.3. The molecule has 2 N–H and O–H groups in total. The number of hydroxylamine groups is 1. The second kappa shape index (κ2) is 9.68. The van der Waals surface area contributed by atoms with Crippen LogP contribution in [0.2, 0.25) is 5.15 Å². The Balaban J connectivity index is 2.38. The molecule has 9 heteroatoms. The number of ether oxygens (including phenoxy) is 1. The molecule has 0 atom stereocenters. The normalized spacial score (nSPS) is 10.6. The summed E-state index contributed by atoms with van der Waals surface area (Å²) in [5.41, 5.74) is 4.62. The highest BCUT2D eigenvalue weighted by atomic mass is 35.5. The van der Waals surface area contributed by atoms with Crippen LogP contribution in [0.3, 0.4) is 0 Å². The van der Waals surface area contributed by atoms with E-state index in [0.29, 0.717) is 23.6 Å². The van der Waals surface area contributed by atoms with Gasteiger partial charge in [-0.05, 0) is 39.0 Å². The average Bonchev–Trinajstić information content (AvgIpc) is 2.60. The van der Waals surface area contributed by atoms with E-state index in [-0.39, 0.29) is 11.3 Å². The zero-order valence-corrected chi connectivity index (χ0v) is 17.3. The lowest BCUT2D eigenvalue weighted by Gasteiger charge is -2.20. The summed E-state index contributed by atoms with van der Waals surface area (Å²) in [6.07, 6.45) is 1.44. The SMILES string of the molecule is CCONC(=O)c1cnc(Cl)cc1Nc1ccc(OC(C)C)cc1N(C)S. The van der Waals surface area contributed by atoms with Gasteiger partial charge in [0.15, 0.2) is 0 Å². The highest BCUT2D eigenvalue weighted by molar-refractivity contribution is 7.81. The topological polar surface area (TPSA) is 75.7 Å². The van der Waals surface area contributed by atoms with Crippen molar-refractivity contribution in [1.29, 1.82) is 0 Å². The lowest BCUT2D eigenvalue weighted by atomic mass is 10.2. The molecule has 0 radical (unpaired) electrons. The standard InChI is InChI=1S/C18H23ClN4O3S/c1-5-25-22-18(24)13-10-20-17(19)9-15(13)21-14-7-6-12(26-11(2)3)8-16(14)23(4)27/h6-11,27H,5H2,1-4H3,(H,20,21)(H,22,24). The number of nitrogens with one attached hydrogen (secondary N) is 2. The molecule has 0 aliphatic carbocycles. The molecule has 0 saturated heterocycles. The van der Waals surface area contributed by atoms with Gasteiger partial charge in [-0.1, -0.05) is 24.4 Å². The molecule has 0 aliphatic rings. The van der Waals surface area contributed by atoms with Gasteiger partial charge in [0.05, 0.1) is 35.3 Å². The van der Waals surface area contributed by atoms with Gasteiger partial charge in [0.25, 0.3) is 5.91 Å². The second-order valence-electron chi connectivity index (χ2n) is 5.91. The number of thiol groups is 1. The molecule has 0 unspecified atom stereocenters. The number of hydrogen-bond acceptors (Lipinski definition) is 7. The highest BCUT2D eigenvalue weighted by Gasteiger charge is 2.16. The van der Waals surface area contributed by atoms with Crippen LogP contribution in [0.1, 0.15) is 31.1 Å². The van der Waals surface area contributed by atoms with Gasteiger partial charge in [0.2, 0.25) is 0 Å². The van der Waals surface area contributed by atoms with Crippen LogP contribution in [-0.2, 0) is 4.84 Å².